The van der Waals surface area contributed by atoms with E-state index in [4.69, 9.17) is 14.1 Å². The van der Waals surface area contributed by atoms with Crippen molar-refractivity contribution in [3.05, 3.63) is 216 Å². The molecule has 364 valence electrons. The minimum atomic E-state index is -2.49. The summed E-state index contributed by atoms with van der Waals surface area (Å²) in [6.45, 7) is 19.3. The van der Waals surface area contributed by atoms with Gasteiger partial charge in [0.05, 0.1) is 28.0 Å². The Labute approximate surface area is 437 Å². The molecule has 10 rings (SSSR count). The van der Waals surface area contributed by atoms with E-state index in [-0.39, 0.29) is 34.0 Å². The van der Waals surface area contributed by atoms with E-state index in [1.165, 1.54) is 5.56 Å². The molecule has 1 N–H and O–H groups in total. The molecule has 4 heteroatoms. The number of imidazole rings is 1. The first-order chi connectivity index (χ1) is 36.1. The van der Waals surface area contributed by atoms with Gasteiger partial charge in [0.15, 0.2) is 0 Å². The molecule has 0 aliphatic carbocycles. The zero-order valence-electron chi connectivity index (χ0n) is 46.8. The first-order valence-electron chi connectivity index (χ1n) is 27.2. The molecule has 10 aromatic rings. The highest BCUT2D eigenvalue weighted by Gasteiger charge is 2.27. The number of rotatable bonds is 10. The van der Waals surface area contributed by atoms with Crippen molar-refractivity contribution in [2.75, 3.05) is 0 Å². The van der Waals surface area contributed by atoms with Gasteiger partial charge in [-0.25, -0.2) is 4.98 Å². The molecule has 4 nitrogen and oxygen atoms in total. The van der Waals surface area contributed by atoms with E-state index in [0.717, 1.165) is 83.5 Å². The second-order valence-electron chi connectivity index (χ2n) is 22.3. The molecule has 0 amide bonds. The summed E-state index contributed by atoms with van der Waals surface area (Å²) in [7, 11) is 0. The lowest BCUT2D eigenvalue weighted by Crippen LogP contribution is -2.11. The summed E-state index contributed by atoms with van der Waals surface area (Å²) in [6, 6.07) is 62.8. The van der Waals surface area contributed by atoms with Crippen LogP contribution < -0.4 is 0 Å². The third-order valence-corrected chi connectivity index (χ3v) is 14.4. The fraction of sp³-hybridized carbons (Fsp3) is 0.217. The zero-order chi connectivity index (χ0) is 53.8. The Kier molecular flexibility index (Phi) is 11.9. The van der Waals surface area contributed by atoms with E-state index in [0.29, 0.717) is 28.2 Å². The number of para-hydroxylation sites is 1. The van der Waals surface area contributed by atoms with Crippen molar-refractivity contribution in [1.82, 2.24) is 14.5 Å². The van der Waals surface area contributed by atoms with Crippen molar-refractivity contribution in [1.29, 1.82) is 0 Å². The average molecular weight is 957 g/mol. The molecule has 0 unspecified atom stereocenters. The Morgan fingerprint density at radius 2 is 1.08 bits per heavy atom. The quantitative estimate of drug-likeness (QED) is 0.149. The van der Waals surface area contributed by atoms with Crippen molar-refractivity contribution in [3.63, 3.8) is 0 Å². The Hall–Kier alpha value is -7.82. The third-order valence-electron chi connectivity index (χ3n) is 14.4. The monoisotopic (exact) mass is 957 g/mol. The predicted octanol–water partition coefficient (Wildman–Crippen LogP) is 18.9. The first-order valence-corrected chi connectivity index (χ1v) is 25.7. The number of aromatic nitrogens is 3. The summed E-state index contributed by atoms with van der Waals surface area (Å²) in [5.74, 6) is 0.829. The fourth-order valence-corrected chi connectivity index (χ4v) is 10.0. The van der Waals surface area contributed by atoms with E-state index in [2.05, 4.69) is 207 Å². The standard InChI is InChI=1S/C69H67N3O/c1-43(2)52-39-58(44(3)4)66(73)61(40-52)67-71-65-57(53-36-54(38-56(37-53)69(9,10)11)62-41-51(33-34-70-62)48-27-25-47(26-28-48)46-19-14-12-15-20-46)23-18-24-63(65)72(67)64-35-45(5)59(42-60(64)49-21-16-13-17-22-49)50-29-31-55(32-30-50)68(6,7)8/h12-44,73H,1-11H3/i5D3. The van der Waals surface area contributed by atoms with Gasteiger partial charge < -0.3 is 5.11 Å². The van der Waals surface area contributed by atoms with Crippen molar-refractivity contribution < 1.29 is 9.22 Å². The van der Waals surface area contributed by atoms with Crippen molar-refractivity contribution in [3.8, 4) is 89.7 Å². The van der Waals surface area contributed by atoms with E-state index < -0.39 is 6.85 Å². The van der Waals surface area contributed by atoms with Crippen LogP contribution in [0.25, 0.3) is 95.0 Å². The normalized spacial score (nSPS) is 12.8. The molecule has 2 aromatic heterocycles. The van der Waals surface area contributed by atoms with Gasteiger partial charge in [0.1, 0.15) is 11.6 Å². The summed E-state index contributed by atoms with van der Waals surface area (Å²) in [5, 5.41) is 12.6. The van der Waals surface area contributed by atoms with Gasteiger partial charge in [-0.15, -0.1) is 0 Å². The highest BCUT2D eigenvalue weighted by atomic mass is 16.3. The molecule has 0 atom stereocenters. The number of hydrogen-bond acceptors (Lipinski definition) is 3. The van der Waals surface area contributed by atoms with Gasteiger partial charge in [-0.05, 0) is 150 Å². The maximum Gasteiger partial charge on any atom is 0.149 e. The van der Waals surface area contributed by atoms with E-state index >= 15 is 0 Å². The molecule has 0 aliphatic heterocycles. The summed E-state index contributed by atoms with van der Waals surface area (Å²) in [6.07, 6.45) is 1.89. The smallest absolute Gasteiger partial charge is 0.149 e. The zero-order valence-corrected chi connectivity index (χ0v) is 43.8. The van der Waals surface area contributed by atoms with Crippen LogP contribution in [0.5, 0.6) is 5.75 Å². The number of aromatic hydroxyl groups is 1. The summed E-state index contributed by atoms with van der Waals surface area (Å²) in [5.41, 5.74) is 18.2. The molecule has 0 saturated carbocycles. The summed E-state index contributed by atoms with van der Waals surface area (Å²) < 4.78 is 29.5. The fourth-order valence-electron chi connectivity index (χ4n) is 10.0. The Morgan fingerprint density at radius 1 is 0.479 bits per heavy atom. The maximum absolute atomic E-state index is 12.6. The highest BCUT2D eigenvalue weighted by molar-refractivity contribution is 5.98. The molecule has 0 saturated heterocycles. The number of phenols is 1. The van der Waals surface area contributed by atoms with Gasteiger partial charge in [0, 0.05) is 27.0 Å². The summed E-state index contributed by atoms with van der Waals surface area (Å²) >= 11 is 0. The van der Waals surface area contributed by atoms with Gasteiger partial charge in [0.2, 0.25) is 0 Å². The SMILES string of the molecule is [2H]C([2H])([2H])c1cc(-n2c(-c3cc(C(C)C)cc(C(C)C)c3O)nc3c(-c4cc(-c5cc(-c6ccc(-c7ccccc7)cc6)ccn5)cc(C(C)(C)C)c4)cccc32)c(-c2ccccc2)cc1-c1ccc(C(C)(C)C)cc1. The lowest BCUT2D eigenvalue weighted by molar-refractivity contribution is 0.466. The van der Waals surface area contributed by atoms with Crippen LogP contribution in [-0.2, 0) is 10.8 Å². The van der Waals surface area contributed by atoms with Gasteiger partial charge in [-0.2, -0.15) is 0 Å². The Morgan fingerprint density at radius 3 is 1.71 bits per heavy atom. The van der Waals surface area contributed by atoms with E-state index in [1.54, 1.807) is 0 Å². The molecule has 2 heterocycles. The predicted molar refractivity (Wildman–Crippen MR) is 309 cm³/mol. The van der Waals surface area contributed by atoms with Crippen molar-refractivity contribution in [2.24, 2.45) is 0 Å². The van der Waals surface area contributed by atoms with Crippen LogP contribution in [0.1, 0.15) is 113 Å². The highest BCUT2D eigenvalue weighted by Crippen LogP contribution is 2.46. The number of pyridine rings is 1. The Bertz CT molecular complexity index is 3740. The minimum Gasteiger partial charge on any atom is -0.507 e. The molecule has 8 aromatic carbocycles. The molecule has 0 bridgehead atoms. The van der Waals surface area contributed by atoms with Crippen molar-refractivity contribution in [2.45, 2.75) is 98.8 Å². The number of hydrogen-bond donors (Lipinski definition) is 1. The maximum atomic E-state index is 12.6. The molecular weight excluding hydrogens is 887 g/mol. The average Bonchev–Trinajstić information content (AvgIpc) is 3.91. The topological polar surface area (TPSA) is 50.9 Å². The molecule has 0 radical (unpaired) electrons. The number of aryl methyl sites for hydroxylation is 1. The van der Waals surface area contributed by atoms with Crippen LogP contribution in [0, 0.1) is 6.85 Å². The first kappa shape index (κ1) is 45.1. The lowest BCUT2D eigenvalue weighted by Gasteiger charge is -2.22. The molecule has 73 heavy (non-hydrogen) atoms. The minimum absolute atomic E-state index is 0.0103. The van der Waals surface area contributed by atoms with Gasteiger partial charge in [-0.3, -0.25) is 9.55 Å². The number of nitrogens with zero attached hydrogens (tertiary/aromatic N) is 3. The van der Waals surface area contributed by atoms with Gasteiger partial charge in [-0.1, -0.05) is 203 Å². The third kappa shape index (κ3) is 9.67. The number of fused-ring (bicyclic) bond motifs is 1. The van der Waals surface area contributed by atoms with E-state index in [9.17, 15) is 5.11 Å². The van der Waals surface area contributed by atoms with E-state index in [1.807, 2.05) is 54.7 Å². The van der Waals surface area contributed by atoms with Gasteiger partial charge >= 0.3 is 0 Å². The van der Waals surface area contributed by atoms with Gasteiger partial charge in [0.25, 0.3) is 0 Å². The largest absolute Gasteiger partial charge is 0.507 e. The van der Waals surface area contributed by atoms with Crippen LogP contribution in [-0.4, -0.2) is 19.6 Å². The second-order valence-corrected chi connectivity index (χ2v) is 22.3. The summed E-state index contributed by atoms with van der Waals surface area (Å²) in [4.78, 5) is 10.7. The number of phenolic OH excluding ortho intramolecular Hbond substituents is 1. The van der Waals surface area contributed by atoms with Crippen LogP contribution in [0.4, 0.5) is 0 Å². The van der Waals surface area contributed by atoms with Crippen molar-refractivity contribution >= 4 is 11.0 Å². The molecule has 0 fully saturated rings. The van der Waals surface area contributed by atoms with Crippen LogP contribution in [0.3, 0.4) is 0 Å². The van der Waals surface area contributed by atoms with Crippen LogP contribution in [0.2, 0.25) is 0 Å². The second kappa shape index (κ2) is 19.3. The Balaban J connectivity index is 1.24. The lowest BCUT2D eigenvalue weighted by atomic mass is 9.83. The molecular formula is C69H67N3O. The van der Waals surface area contributed by atoms with Crippen LogP contribution in [0.15, 0.2) is 188 Å². The molecule has 0 aliphatic rings. The molecule has 0 spiro atoms. The van der Waals surface area contributed by atoms with Crippen LogP contribution >= 0.6 is 0 Å². The number of benzene rings is 8.